The number of ether oxygens (including phenoxy) is 4. The van der Waals surface area contributed by atoms with Crippen LogP contribution in [0.15, 0.2) is 30.5 Å². The molecule has 1 aromatic carbocycles. The monoisotopic (exact) mass is 403 g/mol. The van der Waals surface area contributed by atoms with Gasteiger partial charge in [-0.3, -0.25) is 9.69 Å². The molecular formula is C21H29N3O5. The topological polar surface area (TPSA) is 74.2 Å². The Hall–Kier alpha value is -2.71. The Kier molecular flexibility index (Phi) is 7.00. The van der Waals surface area contributed by atoms with Gasteiger partial charge in [-0.05, 0) is 24.3 Å². The fraction of sp³-hybridized carbons (Fsp3) is 0.476. The van der Waals surface area contributed by atoms with Crippen LogP contribution in [-0.4, -0.2) is 69.6 Å². The molecule has 1 amide bonds. The van der Waals surface area contributed by atoms with Crippen LogP contribution in [0.5, 0.6) is 17.2 Å². The van der Waals surface area contributed by atoms with Crippen molar-refractivity contribution in [2.24, 2.45) is 7.05 Å². The number of aryl methyl sites for hydroxylation is 1. The number of carbonyl (C=O) groups excluding carboxylic acids is 1. The summed E-state index contributed by atoms with van der Waals surface area (Å²) in [7, 11) is 6.61. The van der Waals surface area contributed by atoms with Crippen molar-refractivity contribution < 1.29 is 23.7 Å². The number of aromatic nitrogens is 1. The van der Waals surface area contributed by atoms with E-state index in [0.717, 1.165) is 18.8 Å². The van der Waals surface area contributed by atoms with Crippen LogP contribution in [0.2, 0.25) is 0 Å². The maximum atomic E-state index is 12.9. The summed E-state index contributed by atoms with van der Waals surface area (Å²) < 4.78 is 23.6. The quantitative estimate of drug-likeness (QED) is 0.725. The van der Waals surface area contributed by atoms with Crippen molar-refractivity contribution in [2.75, 3.05) is 54.2 Å². The van der Waals surface area contributed by atoms with E-state index in [0.29, 0.717) is 42.6 Å². The predicted molar refractivity (Wildman–Crippen MR) is 109 cm³/mol. The number of methoxy groups -OCH3 is 3. The lowest BCUT2D eigenvalue weighted by Crippen LogP contribution is -2.44. The molecule has 2 heterocycles. The molecule has 1 saturated heterocycles. The first-order valence-electron chi connectivity index (χ1n) is 9.60. The van der Waals surface area contributed by atoms with Crippen molar-refractivity contribution in [1.29, 1.82) is 0 Å². The standard InChI is InChI=1S/C21H29N3O5/c1-23-7-5-6-16(23)17(24-8-10-29-11-9-24)14-22-21(25)15-12-18(26-2)20(28-4)19(13-15)27-3/h5-7,12-13,17H,8-11,14H2,1-4H3,(H,22,25)/t17-/m1/s1. The highest BCUT2D eigenvalue weighted by molar-refractivity contribution is 5.95. The zero-order chi connectivity index (χ0) is 20.8. The van der Waals surface area contributed by atoms with Crippen LogP contribution in [0, 0.1) is 0 Å². The molecule has 2 aromatic rings. The molecule has 1 fully saturated rings. The van der Waals surface area contributed by atoms with Crippen LogP contribution in [-0.2, 0) is 11.8 Å². The van der Waals surface area contributed by atoms with Gasteiger partial charge in [-0.25, -0.2) is 0 Å². The highest BCUT2D eigenvalue weighted by Gasteiger charge is 2.25. The molecule has 0 radical (unpaired) electrons. The molecule has 0 bridgehead atoms. The second-order valence-corrected chi connectivity index (χ2v) is 6.83. The largest absolute Gasteiger partial charge is 0.493 e. The van der Waals surface area contributed by atoms with Gasteiger partial charge in [-0.2, -0.15) is 0 Å². The van der Waals surface area contributed by atoms with Crippen molar-refractivity contribution in [3.8, 4) is 17.2 Å². The fourth-order valence-electron chi connectivity index (χ4n) is 3.63. The van der Waals surface area contributed by atoms with E-state index in [1.807, 2.05) is 19.3 Å². The Morgan fingerprint density at radius 3 is 2.31 bits per heavy atom. The summed E-state index contributed by atoms with van der Waals surface area (Å²) >= 11 is 0. The van der Waals surface area contributed by atoms with Gasteiger partial charge in [0.25, 0.3) is 5.91 Å². The Morgan fingerprint density at radius 1 is 1.14 bits per heavy atom. The van der Waals surface area contributed by atoms with Crippen LogP contribution in [0.4, 0.5) is 0 Å². The van der Waals surface area contributed by atoms with E-state index in [-0.39, 0.29) is 11.9 Å². The zero-order valence-corrected chi connectivity index (χ0v) is 17.4. The van der Waals surface area contributed by atoms with Gasteiger partial charge in [0.1, 0.15) is 0 Å². The number of hydrogen-bond acceptors (Lipinski definition) is 6. The number of amides is 1. The van der Waals surface area contributed by atoms with E-state index in [2.05, 4.69) is 20.9 Å². The summed E-state index contributed by atoms with van der Waals surface area (Å²) in [6.45, 7) is 3.53. The SMILES string of the molecule is COc1cc(C(=O)NC[C@H](c2cccn2C)N2CCOCC2)cc(OC)c1OC. The Morgan fingerprint density at radius 2 is 1.79 bits per heavy atom. The molecule has 8 nitrogen and oxygen atoms in total. The molecule has 3 rings (SSSR count). The molecule has 0 aliphatic carbocycles. The molecule has 1 N–H and O–H groups in total. The second kappa shape index (κ2) is 9.67. The van der Waals surface area contributed by atoms with Crippen molar-refractivity contribution in [1.82, 2.24) is 14.8 Å². The maximum Gasteiger partial charge on any atom is 0.251 e. The van der Waals surface area contributed by atoms with E-state index < -0.39 is 0 Å². The summed E-state index contributed by atoms with van der Waals surface area (Å²) in [6, 6.07) is 7.48. The first-order valence-corrected chi connectivity index (χ1v) is 9.60. The van der Waals surface area contributed by atoms with E-state index in [1.54, 1.807) is 12.1 Å². The zero-order valence-electron chi connectivity index (χ0n) is 17.4. The minimum absolute atomic E-state index is 0.0601. The first kappa shape index (κ1) is 21.0. The molecule has 8 heteroatoms. The lowest BCUT2D eigenvalue weighted by atomic mass is 10.1. The summed E-state index contributed by atoms with van der Waals surface area (Å²) in [4.78, 5) is 15.3. The minimum atomic E-state index is -0.197. The summed E-state index contributed by atoms with van der Waals surface area (Å²) in [5.41, 5.74) is 1.60. The molecule has 158 valence electrons. The van der Waals surface area contributed by atoms with Crippen molar-refractivity contribution in [2.45, 2.75) is 6.04 Å². The Balaban J connectivity index is 1.79. The summed E-state index contributed by atoms with van der Waals surface area (Å²) in [6.07, 6.45) is 2.02. The Bertz CT molecular complexity index is 804. The van der Waals surface area contributed by atoms with Gasteiger partial charge >= 0.3 is 0 Å². The average molecular weight is 403 g/mol. The second-order valence-electron chi connectivity index (χ2n) is 6.83. The van der Waals surface area contributed by atoms with Crippen LogP contribution in [0.1, 0.15) is 22.1 Å². The van der Waals surface area contributed by atoms with Gasteiger partial charge in [-0.15, -0.1) is 0 Å². The van der Waals surface area contributed by atoms with Crippen LogP contribution in [0.3, 0.4) is 0 Å². The molecule has 1 atom stereocenters. The van der Waals surface area contributed by atoms with E-state index in [4.69, 9.17) is 18.9 Å². The van der Waals surface area contributed by atoms with Crippen molar-refractivity contribution >= 4 is 5.91 Å². The van der Waals surface area contributed by atoms with Gasteiger partial charge in [0.05, 0.1) is 40.6 Å². The minimum Gasteiger partial charge on any atom is -0.493 e. The summed E-state index contributed by atoms with van der Waals surface area (Å²) in [5.74, 6) is 1.16. The van der Waals surface area contributed by atoms with E-state index >= 15 is 0 Å². The summed E-state index contributed by atoms with van der Waals surface area (Å²) in [5, 5.41) is 3.07. The highest BCUT2D eigenvalue weighted by atomic mass is 16.5. The maximum absolute atomic E-state index is 12.9. The lowest BCUT2D eigenvalue weighted by Gasteiger charge is -2.35. The molecule has 0 spiro atoms. The molecule has 1 aromatic heterocycles. The number of rotatable bonds is 8. The number of hydrogen-bond donors (Lipinski definition) is 1. The van der Waals surface area contributed by atoms with Crippen molar-refractivity contribution in [3.05, 3.63) is 41.7 Å². The third kappa shape index (κ3) is 4.65. The third-order valence-corrected chi connectivity index (χ3v) is 5.19. The van der Waals surface area contributed by atoms with E-state index in [1.165, 1.54) is 21.3 Å². The number of morpholine rings is 1. The Labute approximate surface area is 171 Å². The lowest BCUT2D eigenvalue weighted by molar-refractivity contribution is 0.0148. The predicted octanol–water partition coefficient (Wildman–Crippen LogP) is 1.85. The van der Waals surface area contributed by atoms with Gasteiger partial charge in [0.15, 0.2) is 11.5 Å². The molecule has 0 saturated carbocycles. The first-order chi connectivity index (χ1) is 14.1. The molecule has 29 heavy (non-hydrogen) atoms. The number of benzene rings is 1. The molecule has 1 aliphatic rings. The van der Waals surface area contributed by atoms with Crippen molar-refractivity contribution in [3.63, 3.8) is 0 Å². The smallest absolute Gasteiger partial charge is 0.251 e. The average Bonchev–Trinajstić information content (AvgIpc) is 3.18. The third-order valence-electron chi connectivity index (χ3n) is 5.19. The van der Waals surface area contributed by atoms with Gasteiger partial charge in [-0.1, -0.05) is 0 Å². The number of carbonyl (C=O) groups is 1. The van der Waals surface area contributed by atoms with Gasteiger partial charge < -0.3 is 28.8 Å². The van der Waals surface area contributed by atoms with Crippen LogP contribution >= 0.6 is 0 Å². The molecular weight excluding hydrogens is 374 g/mol. The number of nitrogens with one attached hydrogen (secondary N) is 1. The van der Waals surface area contributed by atoms with E-state index in [9.17, 15) is 4.79 Å². The normalized spacial score (nSPS) is 15.6. The fourth-order valence-corrected chi connectivity index (χ4v) is 3.63. The van der Waals surface area contributed by atoms with Gasteiger partial charge in [0, 0.05) is 44.1 Å². The van der Waals surface area contributed by atoms with Crippen LogP contribution in [0.25, 0.3) is 0 Å². The number of nitrogens with zero attached hydrogens (tertiary/aromatic N) is 2. The highest BCUT2D eigenvalue weighted by Crippen LogP contribution is 2.38. The van der Waals surface area contributed by atoms with Crippen LogP contribution < -0.4 is 19.5 Å². The molecule has 1 aliphatic heterocycles. The molecule has 0 unspecified atom stereocenters. The van der Waals surface area contributed by atoms with Gasteiger partial charge in [0.2, 0.25) is 5.75 Å².